The van der Waals surface area contributed by atoms with Crippen molar-refractivity contribution in [3.8, 4) is 0 Å². The van der Waals surface area contributed by atoms with Gasteiger partial charge in [-0.1, -0.05) is 17.7 Å². The molecule has 0 aliphatic carbocycles. The van der Waals surface area contributed by atoms with Crippen molar-refractivity contribution in [3.05, 3.63) is 29.5 Å². The largest absolute Gasteiger partial charge is 0.358 e. The average molecular weight is 317 g/mol. The van der Waals surface area contributed by atoms with Crippen molar-refractivity contribution in [2.45, 2.75) is 5.03 Å². The van der Waals surface area contributed by atoms with E-state index in [9.17, 15) is 13.2 Å². The molecule has 0 saturated carbocycles. The quantitative estimate of drug-likeness (QED) is 0.882. The highest BCUT2D eigenvalue weighted by atomic mass is 35.5. The van der Waals surface area contributed by atoms with Crippen LogP contribution in [0.1, 0.15) is 0 Å². The standard InChI is InChI=1S/C11H13ClN4O3S/c1-13-9(17)7-15(2)20(18,19)11-10(12)14-8-5-3-4-6-16(8)11/h3-6H,7H2,1-2H3,(H,13,17). The van der Waals surface area contributed by atoms with Gasteiger partial charge in [0.05, 0.1) is 6.54 Å². The summed E-state index contributed by atoms with van der Waals surface area (Å²) in [5.41, 5.74) is 0.421. The molecule has 7 nitrogen and oxygen atoms in total. The van der Waals surface area contributed by atoms with Crippen molar-refractivity contribution < 1.29 is 13.2 Å². The number of carbonyl (C=O) groups is 1. The third kappa shape index (κ3) is 2.49. The molecular formula is C11H13ClN4O3S. The molecule has 1 N–H and O–H groups in total. The van der Waals surface area contributed by atoms with E-state index < -0.39 is 15.9 Å². The summed E-state index contributed by atoms with van der Waals surface area (Å²) in [6, 6.07) is 5.04. The zero-order valence-electron chi connectivity index (χ0n) is 10.9. The summed E-state index contributed by atoms with van der Waals surface area (Å²) in [6.07, 6.45) is 1.55. The molecule has 20 heavy (non-hydrogen) atoms. The molecule has 1 amide bonds. The average Bonchev–Trinajstić information content (AvgIpc) is 2.74. The zero-order valence-corrected chi connectivity index (χ0v) is 12.4. The molecule has 0 saturated heterocycles. The van der Waals surface area contributed by atoms with Crippen LogP contribution in [0.3, 0.4) is 0 Å². The second-order valence-corrected chi connectivity index (χ2v) is 6.39. The molecule has 0 aliphatic heterocycles. The number of sulfonamides is 1. The van der Waals surface area contributed by atoms with Crippen LogP contribution in [0, 0.1) is 0 Å². The highest BCUT2D eigenvalue weighted by molar-refractivity contribution is 7.89. The topological polar surface area (TPSA) is 83.8 Å². The maximum absolute atomic E-state index is 12.5. The summed E-state index contributed by atoms with van der Waals surface area (Å²) in [7, 11) is -1.17. The van der Waals surface area contributed by atoms with E-state index in [0.29, 0.717) is 5.65 Å². The molecule has 0 fully saturated rings. The highest BCUT2D eigenvalue weighted by Crippen LogP contribution is 2.24. The van der Waals surface area contributed by atoms with Gasteiger partial charge in [0.25, 0.3) is 10.0 Å². The molecule has 0 aromatic carbocycles. The number of likely N-dealkylation sites (N-methyl/N-ethyl adjacent to an activating group) is 2. The number of halogens is 1. The Kier molecular flexibility index (Phi) is 3.98. The van der Waals surface area contributed by atoms with Gasteiger partial charge in [0.1, 0.15) is 5.65 Å². The lowest BCUT2D eigenvalue weighted by molar-refractivity contribution is -0.120. The Morgan fingerprint density at radius 2 is 2.20 bits per heavy atom. The summed E-state index contributed by atoms with van der Waals surface area (Å²) in [5.74, 6) is -0.416. The van der Waals surface area contributed by atoms with Crippen molar-refractivity contribution in [1.82, 2.24) is 19.0 Å². The van der Waals surface area contributed by atoms with Gasteiger partial charge >= 0.3 is 0 Å². The van der Waals surface area contributed by atoms with E-state index in [1.165, 1.54) is 18.5 Å². The van der Waals surface area contributed by atoms with Gasteiger partial charge < -0.3 is 5.32 Å². The lowest BCUT2D eigenvalue weighted by Crippen LogP contribution is -2.37. The first-order valence-electron chi connectivity index (χ1n) is 5.67. The first kappa shape index (κ1) is 14.8. The summed E-state index contributed by atoms with van der Waals surface area (Å²) in [4.78, 5) is 15.3. The normalized spacial score (nSPS) is 12.0. The molecule has 0 spiro atoms. The minimum Gasteiger partial charge on any atom is -0.358 e. The number of hydrogen-bond donors (Lipinski definition) is 1. The second-order valence-electron chi connectivity index (χ2n) is 4.07. The number of carbonyl (C=O) groups excluding carboxylic acids is 1. The van der Waals surface area contributed by atoms with Crippen molar-refractivity contribution >= 4 is 33.2 Å². The molecule has 0 aliphatic rings. The molecule has 0 bridgehead atoms. The Hall–Kier alpha value is -1.64. The molecule has 2 rings (SSSR count). The van der Waals surface area contributed by atoms with Crippen LogP contribution in [0.5, 0.6) is 0 Å². The fourth-order valence-corrected chi connectivity index (χ4v) is 3.40. The third-order valence-corrected chi connectivity index (χ3v) is 4.95. The fraction of sp³-hybridized carbons (Fsp3) is 0.273. The van der Waals surface area contributed by atoms with Crippen LogP contribution in [-0.4, -0.2) is 48.7 Å². The summed E-state index contributed by atoms with van der Waals surface area (Å²) < 4.78 is 27.3. The molecule has 2 aromatic heterocycles. The Bertz CT molecular complexity index is 756. The number of nitrogens with one attached hydrogen (secondary N) is 1. The Morgan fingerprint density at radius 3 is 2.85 bits per heavy atom. The van der Waals surface area contributed by atoms with Crippen molar-refractivity contribution in [1.29, 1.82) is 0 Å². The van der Waals surface area contributed by atoms with Crippen LogP contribution in [0.25, 0.3) is 5.65 Å². The minimum atomic E-state index is -3.92. The first-order chi connectivity index (χ1) is 9.37. The number of fused-ring (bicyclic) bond motifs is 1. The SMILES string of the molecule is CNC(=O)CN(C)S(=O)(=O)c1c(Cl)nc2ccccn12. The number of amides is 1. The molecule has 108 valence electrons. The molecule has 2 heterocycles. The van der Waals surface area contributed by atoms with E-state index in [2.05, 4.69) is 10.3 Å². The summed E-state index contributed by atoms with van der Waals surface area (Å²) in [5, 5.41) is 2.09. The molecular weight excluding hydrogens is 304 g/mol. The van der Waals surface area contributed by atoms with Gasteiger partial charge in [0.2, 0.25) is 5.91 Å². The molecule has 0 atom stereocenters. The number of imidazole rings is 1. The van der Waals surface area contributed by atoms with E-state index >= 15 is 0 Å². The monoisotopic (exact) mass is 316 g/mol. The van der Waals surface area contributed by atoms with Crippen LogP contribution in [0.2, 0.25) is 5.15 Å². The first-order valence-corrected chi connectivity index (χ1v) is 7.49. The summed E-state index contributed by atoms with van der Waals surface area (Å²) in [6.45, 7) is -0.296. The van der Waals surface area contributed by atoms with E-state index in [4.69, 9.17) is 11.6 Å². The van der Waals surface area contributed by atoms with Crippen LogP contribution in [0.4, 0.5) is 0 Å². The van der Waals surface area contributed by atoms with Gasteiger partial charge in [-0.2, -0.15) is 4.31 Å². The van der Waals surface area contributed by atoms with Crippen molar-refractivity contribution in [3.63, 3.8) is 0 Å². The minimum absolute atomic E-state index is 0.125. The summed E-state index contributed by atoms with van der Waals surface area (Å²) >= 11 is 5.93. The van der Waals surface area contributed by atoms with Gasteiger partial charge in [-0.05, 0) is 12.1 Å². The van der Waals surface area contributed by atoms with Crippen molar-refractivity contribution in [2.75, 3.05) is 20.6 Å². The van der Waals surface area contributed by atoms with Gasteiger partial charge in [0, 0.05) is 20.3 Å². The predicted molar refractivity (Wildman–Crippen MR) is 74.1 cm³/mol. The maximum Gasteiger partial charge on any atom is 0.262 e. The van der Waals surface area contributed by atoms with Crippen LogP contribution in [0.15, 0.2) is 29.4 Å². The second kappa shape index (κ2) is 5.39. The van der Waals surface area contributed by atoms with E-state index in [-0.39, 0.29) is 16.7 Å². The predicted octanol–water partition coefficient (Wildman–Crippen LogP) is 0.354. The number of aromatic nitrogens is 2. The number of hydrogen-bond acceptors (Lipinski definition) is 4. The van der Waals surface area contributed by atoms with Gasteiger partial charge in [-0.25, -0.2) is 13.4 Å². The number of rotatable bonds is 4. The molecule has 0 unspecified atom stereocenters. The lowest BCUT2D eigenvalue weighted by Gasteiger charge is -2.15. The number of pyridine rings is 1. The van der Waals surface area contributed by atoms with Gasteiger partial charge in [-0.15, -0.1) is 0 Å². The Morgan fingerprint density at radius 1 is 1.50 bits per heavy atom. The van der Waals surface area contributed by atoms with Crippen LogP contribution in [-0.2, 0) is 14.8 Å². The molecule has 9 heteroatoms. The van der Waals surface area contributed by atoms with Gasteiger partial charge in [-0.3, -0.25) is 9.20 Å². The highest BCUT2D eigenvalue weighted by Gasteiger charge is 2.29. The lowest BCUT2D eigenvalue weighted by atomic mass is 10.5. The third-order valence-electron chi connectivity index (χ3n) is 2.75. The maximum atomic E-state index is 12.5. The number of nitrogens with zero attached hydrogens (tertiary/aromatic N) is 3. The molecule has 2 aromatic rings. The van der Waals surface area contributed by atoms with Gasteiger partial charge in [0.15, 0.2) is 10.2 Å². The van der Waals surface area contributed by atoms with Crippen molar-refractivity contribution in [2.24, 2.45) is 0 Å². The Labute approximate surface area is 121 Å². The van der Waals surface area contributed by atoms with E-state index in [0.717, 1.165) is 4.31 Å². The fourth-order valence-electron chi connectivity index (χ4n) is 1.69. The van der Waals surface area contributed by atoms with E-state index in [1.54, 1.807) is 24.4 Å². The van der Waals surface area contributed by atoms with Crippen LogP contribution < -0.4 is 5.32 Å². The Balaban J connectivity index is 2.52. The van der Waals surface area contributed by atoms with Crippen LogP contribution >= 0.6 is 11.6 Å². The molecule has 0 radical (unpaired) electrons. The zero-order chi connectivity index (χ0) is 14.9. The van der Waals surface area contributed by atoms with E-state index in [1.807, 2.05) is 0 Å². The smallest absolute Gasteiger partial charge is 0.262 e.